The van der Waals surface area contributed by atoms with Gasteiger partial charge in [0.2, 0.25) is 5.91 Å². The number of rotatable bonds is 4. The van der Waals surface area contributed by atoms with Crippen LogP contribution in [0.1, 0.15) is 23.0 Å². The third-order valence-corrected chi connectivity index (χ3v) is 3.41. The van der Waals surface area contributed by atoms with E-state index in [1.165, 1.54) is 13.2 Å². The normalized spacial score (nSPS) is 12.3. The van der Waals surface area contributed by atoms with Gasteiger partial charge in [0.25, 0.3) is 11.6 Å². The Morgan fingerprint density at radius 2 is 2.17 bits per heavy atom. The number of carbonyl (C=O) groups is 2. The summed E-state index contributed by atoms with van der Waals surface area (Å²) in [5.74, 6) is -0.613. The van der Waals surface area contributed by atoms with E-state index in [0.717, 1.165) is 0 Å². The van der Waals surface area contributed by atoms with Crippen molar-refractivity contribution in [3.63, 3.8) is 0 Å². The molecule has 118 valence electrons. The molecule has 0 unspecified atom stereocenters. The number of nitrogens with zero attached hydrogens (tertiary/aromatic N) is 2. The van der Waals surface area contributed by atoms with Crippen molar-refractivity contribution >= 4 is 22.9 Å². The third kappa shape index (κ3) is 2.66. The van der Waals surface area contributed by atoms with E-state index in [1.807, 2.05) is 0 Å². The summed E-state index contributed by atoms with van der Waals surface area (Å²) in [4.78, 5) is 27.9. The molecule has 0 fully saturated rings. The zero-order chi connectivity index (χ0) is 16.6. The van der Waals surface area contributed by atoms with E-state index >= 15 is 0 Å². The van der Waals surface area contributed by atoms with Gasteiger partial charge in [0.15, 0.2) is 5.76 Å². The molecule has 1 atom stereocenters. The topological polar surface area (TPSA) is 124 Å². The zero-order valence-corrected chi connectivity index (χ0v) is 12.5. The summed E-state index contributed by atoms with van der Waals surface area (Å²) in [5, 5.41) is 6.85. The fourth-order valence-corrected chi connectivity index (χ4v) is 2.17. The first kappa shape index (κ1) is 14.8. The van der Waals surface area contributed by atoms with E-state index in [1.54, 1.807) is 25.1 Å². The molecule has 0 saturated carbocycles. The highest BCUT2D eigenvalue weighted by molar-refractivity contribution is 6.07. The van der Waals surface area contributed by atoms with Gasteiger partial charge >= 0.3 is 0 Å². The molecule has 0 aromatic carbocycles. The average molecular weight is 314 g/mol. The summed E-state index contributed by atoms with van der Waals surface area (Å²) >= 11 is 0. The van der Waals surface area contributed by atoms with Crippen LogP contribution in [0.25, 0.3) is 22.6 Å². The van der Waals surface area contributed by atoms with Crippen LogP contribution in [0.3, 0.4) is 0 Å². The number of aryl methyl sites for hydroxylation is 1. The largest absolute Gasteiger partial charge is 0.463 e. The lowest BCUT2D eigenvalue weighted by atomic mass is 10.1. The fourth-order valence-electron chi connectivity index (χ4n) is 2.17. The molecule has 0 saturated heterocycles. The summed E-state index contributed by atoms with van der Waals surface area (Å²) in [6.07, 6.45) is 1.50. The van der Waals surface area contributed by atoms with Gasteiger partial charge in [-0.25, -0.2) is 4.98 Å². The van der Waals surface area contributed by atoms with Gasteiger partial charge in [-0.05, 0) is 32.0 Å². The molecule has 0 aliphatic rings. The Morgan fingerprint density at radius 3 is 2.83 bits per heavy atom. The van der Waals surface area contributed by atoms with Crippen LogP contribution < -0.4 is 11.1 Å². The Kier molecular flexibility index (Phi) is 3.57. The van der Waals surface area contributed by atoms with Gasteiger partial charge in [-0.15, -0.1) is 0 Å². The number of aromatic nitrogens is 2. The van der Waals surface area contributed by atoms with E-state index in [9.17, 15) is 9.59 Å². The van der Waals surface area contributed by atoms with Crippen LogP contribution in [-0.4, -0.2) is 28.0 Å². The molecular formula is C15H14N4O4. The molecule has 8 heteroatoms. The molecule has 0 aliphatic heterocycles. The minimum atomic E-state index is -0.807. The molecular weight excluding hydrogens is 300 g/mol. The van der Waals surface area contributed by atoms with Crippen molar-refractivity contribution in [1.29, 1.82) is 0 Å². The van der Waals surface area contributed by atoms with E-state index in [0.29, 0.717) is 22.5 Å². The highest BCUT2D eigenvalue weighted by atomic mass is 16.5. The SMILES string of the molecule is Cc1noc2nc(-c3ccco3)cc(C(=O)N[C@H](C)C(N)=O)c12. The lowest BCUT2D eigenvalue weighted by Gasteiger charge is -2.11. The second kappa shape index (κ2) is 5.56. The minimum Gasteiger partial charge on any atom is -0.463 e. The monoisotopic (exact) mass is 314 g/mol. The molecule has 0 aliphatic carbocycles. The van der Waals surface area contributed by atoms with Gasteiger partial charge < -0.3 is 20.0 Å². The zero-order valence-electron chi connectivity index (χ0n) is 12.5. The van der Waals surface area contributed by atoms with Gasteiger partial charge in [-0.1, -0.05) is 5.16 Å². The first-order valence-electron chi connectivity index (χ1n) is 6.88. The molecule has 0 spiro atoms. The second-order valence-corrected chi connectivity index (χ2v) is 5.08. The lowest BCUT2D eigenvalue weighted by Crippen LogP contribution is -2.42. The highest BCUT2D eigenvalue weighted by Crippen LogP contribution is 2.27. The van der Waals surface area contributed by atoms with Crippen molar-refractivity contribution in [1.82, 2.24) is 15.5 Å². The van der Waals surface area contributed by atoms with E-state index < -0.39 is 17.9 Å². The Bertz CT molecular complexity index is 882. The van der Waals surface area contributed by atoms with Crippen molar-refractivity contribution < 1.29 is 18.5 Å². The Hall–Kier alpha value is -3.16. The van der Waals surface area contributed by atoms with Crippen LogP contribution in [0.5, 0.6) is 0 Å². The number of carbonyl (C=O) groups excluding carboxylic acids is 2. The number of amides is 2. The van der Waals surface area contributed by atoms with Gasteiger partial charge in [0.1, 0.15) is 11.7 Å². The van der Waals surface area contributed by atoms with Crippen molar-refractivity contribution in [2.24, 2.45) is 5.73 Å². The number of nitrogens with one attached hydrogen (secondary N) is 1. The average Bonchev–Trinajstić information content (AvgIpc) is 3.16. The minimum absolute atomic E-state index is 0.216. The maximum atomic E-state index is 12.5. The molecule has 0 radical (unpaired) electrons. The van der Waals surface area contributed by atoms with Crippen LogP contribution in [0.2, 0.25) is 0 Å². The number of primary amides is 1. The predicted octanol–water partition coefficient (Wildman–Crippen LogP) is 1.39. The first-order chi connectivity index (χ1) is 11.0. The van der Waals surface area contributed by atoms with Gasteiger partial charge in [0, 0.05) is 0 Å². The van der Waals surface area contributed by atoms with Crippen molar-refractivity contribution in [2.75, 3.05) is 0 Å². The standard InChI is InChI=1S/C15H14N4O4/c1-7-12-9(14(21)17-8(2)13(16)20)6-10(11-4-3-5-22-11)18-15(12)23-19-7/h3-6,8H,1-2H3,(H2,16,20)(H,17,21)/t8-/m1/s1. The summed E-state index contributed by atoms with van der Waals surface area (Å²) in [6, 6.07) is 4.18. The van der Waals surface area contributed by atoms with Crippen LogP contribution in [0, 0.1) is 6.92 Å². The van der Waals surface area contributed by atoms with E-state index in [-0.39, 0.29) is 11.3 Å². The molecule has 3 rings (SSSR count). The first-order valence-corrected chi connectivity index (χ1v) is 6.88. The van der Waals surface area contributed by atoms with E-state index in [4.69, 9.17) is 14.7 Å². The Balaban J connectivity index is 2.12. The smallest absolute Gasteiger partial charge is 0.259 e. The molecule has 8 nitrogen and oxygen atoms in total. The van der Waals surface area contributed by atoms with Crippen LogP contribution in [-0.2, 0) is 4.79 Å². The molecule has 3 aromatic rings. The summed E-state index contributed by atoms with van der Waals surface area (Å²) in [5.41, 5.74) is 6.63. The van der Waals surface area contributed by atoms with Crippen LogP contribution in [0.4, 0.5) is 0 Å². The third-order valence-electron chi connectivity index (χ3n) is 3.41. The van der Waals surface area contributed by atoms with E-state index in [2.05, 4.69) is 15.5 Å². The van der Waals surface area contributed by atoms with Crippen LogP contribution >= 0.6 is 0 Å². The maximum absolute atomic E-state index is 12.5. The fraction of sp³-hybridized carbons (Fsp3) is 0.200. The van der Waals surface area contributed by atoms with Crippen molar-refractivity contribution in [3.8, 4) is 11.5 Å². The number of furan rings is 1. The van der Waals surface area contributed by atoms with Crippen molar-refractivity contribution in [3.05, 3.63) is 35.7 Å². The van der Waals surface area contributed by atoms with Gasteiger partial charge in [0.05, 0.1) is 22.9 Å². The van der Waals surface area contributed by atoms with Gasteiger partial charge in [-0.3, -0.25) is 9.59 Å². The summed E-state index contributed by atoms with van der Waals surface area (Å²) in [6.45, 7) is 3.21. The predicted molar refractivity (Wildman–Crippen MR) is 80.4 cm³/mol. The number of fused-ring (bicyclic) bond motifs is 1. The quantitative estimate of drug-likeness (QED) is 0.750. The van der Waals surface area contributed by atoms with Gasteiger partial charge in [-0.2, -0.15) is 0 Å². The number of hydrogen-bond acceptors (Lipinski definition) is 6. The number of hydrogen-bond donors (Lipinski definition) is 2. The molecule has 3 heterocycles. The summed E-state index contributed by atoms with van der Waals surface area (Å²) < 4.78 is 10.5. The number of nitrogens with two attached hydrogens (primary N) is 1. The molecule has 0 bridgehead atoms. The van der Waals surface area contributed by atoms with Crippen molar-refractivity contribution in [2.45, 2.75) is 19.9 Å². The Labute approximate surface area is 130 Å². The Morgan fingerprint density at radius 1 is 1.39 bits per heavy atom. The molecule has 23 heavy (non-hydrogen) atoms. The second-order valence-electron chi connectivity index (χ2n) is 5.08. The van der Waals surface area contributed by atoms with Crippen LogP contribution in [0.15, 0.2) is 33.4 Å². The molecule has 2 amide bonds. The number of pyridine rings is 1. The lowest BCUT2D eigenvalue weighted by molar-refractivity contribution is -0.119. The maximum Gasteiger partial charge on any atom is 0.259 e. The summed E-state index contributed by atoms with van der Waals surface area (Å²) in [7, 11) is 0. The molecule has 3 aromatic heterocycles. The molecule has 3 N–H and O–H groups in total. The highest BCUT2D eigenvalue weighted by Gasteiger charge is 2.22.